The highest BCUT2D eigenvalue weighted by Crippen LogP contribution is 1.86. The van der Waals surface area contributed by atoms with Gasteiger partial charge in [0.15, 0.2) is 0 Å². The van der Waals surface area contributed by atoms with E-state index in [0.717, 1.165) is 24.3 Å². The van der Waals surface area contributed by atoms with E-state index in [4.69, 9.17) is 0 Å². The number of alkyl carbamates (subject to hydrolysis) is 1. The molecule has 1 N–H and O–H groups in total. The van der Waals surface area contributed by atoms with E-state index in [1.54, 1.807) is 0 Å². The Balaban J connectivity index is 4.11. The standard InChI is InChI=1S/C8H12N2O5/c1-10(15-3)7(12)5-4-6(11)9-8(13)14-2/h4-5H,1-3H3,(H,9,11,13)/b5-4+. The fourth-order valence-electron chi connectivity index (χ4n) is 0.535. The molecule has 7 nitrogen and oxygen atoms in total. The summed E-state index contributed by atoms with van der Waals surface area (Å²) in [4.78, 5) is 37.1. The average Bonchev–Trinajstić information content (AvgIpc) is 2.24. The molecular formula is C8H12N2O5. The highest BCUT2D eigenvalue weighted by atomic mass is 16.7. The zero-order valence-corrected chi connectivity index (χ0v) is 8.64. The van der Waals surface area contributed by atoms with E-state index in [9.17, 15) is 14.4 Å². The molecule has 84 valence electrons. The third-order valence-corrected chi connectivity index (χ3v) is 1.37. The molecule has 0 radical (unpaired) electrons. The first-order valence-electron chi connectivity index (χ1n) is 3.90. The highest BCUT2D eigenvalue weighted by Gasteiger charge is 2.06. The molecule has 0 saturated carbocycles. The van der Waals surface area contributed by atoms with E-state index in [-0.39, 0.29) is 0 Å². The maximum atomic E-state index is 11.1. The van der Waals surface area contributed by atoms with Crippen LogP contribution >= 0.6 is 0 Å². The molecule has 0 unspecified atom stereocenters. The quantitative estimate of drug-likeness (QED) is 0.505. The second-order valence-corrected chi connectivity index (χ2v) is 2.33. The van der Waals surface area contributed by atoms with Crippen molar-refractivity contribution in [3.63, 3.8) is 0 Å². The number of hydrogen-bond acceptors (Lipinski definition) is 5. The molecule has 15 heavy (non-hydrogen) atoms. The summed E-state index contributed by atoms with van der Waals surface area (Å²) in [6.07, 6.45) is 0.966. The van der Waals surface area contributed by atoms with Gasteiger partial charge in [0, 0.05) is 19.2 Å². The van der Waals surface area contributed by atoms with Crippen molar-refractivity contribution in [1.29, 1.82) is 0 Å². The summed E-state index contributed by atoms with van der Waals surface area (Å²) in [6.45, 7) is 0. The van der Waals surface area contributed by atoms with Crippen molar-refractivity contribution in [3.8, 4) is 0 Å². The van der Waals surface area contributed by atoms with Crippen molar-refractivity contribution < 1.29 is 24.0 Å². The summed E-state index contributed by atoms with van der Waals surface area (Å²) in [5.74, 6) is -1.28. The molecule has 0 aromatic heterocycles. The lowest BCUT2D eigenvalue weighted by atomic mass is 10.4. The molecule has 3 amide bonds. The van der Waals surface area contributed by atoms with Gasteiger partial charge in [-0.1, -0.05) is 0 Å². The molecule has 0 aliphatic rings. The molecule has 0 heterocycles. The lowest BCUT2D eigenvalue weighted by Gasteiger charge is -2.09. The van der Waals surface area contributed by atoms with Crippen molar-refractivity contribution in [1.82, 2.24) is 10.4 Å². The number of carbonyl (C=O) groups is 3. The Morgan fingerprint density at radius 2 is 1.80 bits per heavy atom. The predicted octanol–water partition coefficient (Wildman–Crippen LogP) is -0.555. The Hall–Kier alpha value is -1.89. The van der Waals surface area contributed by atoms with Gasteiger partial charge >= 0.3 is 6.09 Å². The number of amides is 3. The van der Waals surface area contributed by atoms with Crippen LogP contribution in [-0.4, -0.2) is 44.2 Å². The number of rotatable bonds is 3. The topological polar surface area (TPSA) is 84.9 Å². The smallest absolute Gasteiger partial charge is 0.413 e. The van der Waals surface area contributed by atoms with Gasteiger partial charge in [0.1, 0.15) is 0 Å². The van der Waals surface area contributed by atoms with Gasteiger partial charge in [0.05, 0.1) is 14.2 Å². The van der Waals surface area contributed by atoms with Gasteiger partial charge < -0.3 is 4.74 Å². The van der Waals surface area contributed by atoms with E-state index in [1.807, 2.05) is 5.32 Å². The largest absolute Gasteiger partial charge is 0.453 e. The van der Waals surface area contributed by atoms with Crippen molar-refractivity contribution in [3.05, 3.63) is 12.2 Å². The number of carbonyl (C=O) groups excluding carboxylic acids is 3. The number of nitrogens with one attached hydrogen (secondary N) is 1. The summed E-state index contributed by atoms with van der Waals surface area (Å²) >= 11 is 0. The van der Waals surface area contributed by atoms with Gasteiger partial charge in [-0.05, 0) is 0 Å². The second-order valence-electron chi connectivity index (χ2n) is 2.33. The van der Waals surface area contributed by atoms with Crippen molar-refractivity contribution in [2.45, 2.75) is 0 Å². The monoisotopic (exact) mass is 216 g/mol. The number of methoxy groups -OCH3 is 1. The van der Waals surface area contributed by atoms with Gasteiger partial charge in [0.2, 0.25) is 0 Å². The van der Waals surface area contributed by atoms with Crippen LogP contribution < -0.4 is 5.32 Å². The molecule has 0 aliphatic carbocycles. The van der Waals surface area contributed by atoms with Crippen LogP contribution in [0.3, 0.4) is 0 Å². The Labute approximate surface area is 86.6 Å². The minimum absolute atomic E-state index is 0.530. The van der Waals surface area contributed by atoms with Gasteiger partial charge in [-0.2, -0.15) is 0 Å². The minimum Gasteiger partial charge on any atom is -0.453 e. The van der Waals surface area contributed by atoms with Crippen LogP contribution in [0.15, 0.2) is 12.2 Å². The van der Waals surface area contributed by atoms with Crippen LogP contribution in [0.2, 0.25) is 0 Å². The summed E-state index contributed by atoms with van der Waals surface area (Å²) in [6, 6.07) is 0. The van der Waals surface area contributed by atoms with Gasteiger partial charge in [0.25, 0.3) is 11.8 Å². The third-order valence-electron chi connectivity index (χ3n) is 1.37. The molecule has 0 atom stereocenters. The van der Waals surface area contributed by atoms with E-state index in [0.29, 0.717) is 0 Å². The Kier molecular flexibility index (Phi) is 5.72. The normalized spacial score (nSPS) is 9.80. The Morgan fingerprint density at radius 1 is 1.20 bits per heavy atom. The minimum atomic E-state index is -0.891. The highest BCUT2D eigenvalue weighted by molar-refractivity contribution is 6.02. The molecule has 0 spiro atoms. The van der Waals surface area contributed by atoms with Gasteiger partial charge in [-0.15, -0.1) is 0 Å². The molecule has 0 aromatic carbocycles. The molecule has 0 aliphatic heterocycles. The third kappa shape index (κ3) is 5.42. The van der Waals surface area contributed by atoms with Crippen LogP contribution in [-0.2, 0) is 19.2 Å². The van der Waals surface area contributed by atoms with Crippen LogP contribution in [0.1, 0.15) is 0 Å². The number of imide groups is 1. The molecule has 0 fully saturated rings. The Bertz CT molecular complexity index is 287. The summed E-state index contributed by atoms with van der Waals surface area (Å²) in [7, 11) is 3.81. The van der Waals surface area contributed by atoms with Gasteiger partial charge in [-0.3, -0.25) is 19.7 Å². The van der Waals surface area contributed by atoms with Crippen LogP contribution in [0.25, 0.3) is 0 Å². The van der Waals surface area contributed by atoms with Crippen LogP contribution in [0.5, 0.6) is 0 Å². The number of ether oxygens (including phenoxy) is 1. The number of likely N-dealkylation sites (N-methyl/N-ethyl adjacent to an activating group) is 1. The Morgan fingerprint density at radius 3 is 2.27 bits per heavy atom. The molecular weight excluding hydrogens is 204 g/mol. The van der Waals surface area contributed by atoms with Gasteiger partial charge in [-0.25, -0.2) is 9.86 Å². The zero-order valence-electron chi connectivity index (χ0n) is 8.64. The summed E-state index contributed by atoms with van der Waals surface area (Å²) in [5.41, 5.74) is 0. The van der Waals surface area contributed by atoms with Crippen molar-refractivity contribution in [2.24, 2.45) is 0 Å². The van der Waals surface area contributed by atoms with Crippen molar-refractivity contribution in [2.75, 3.05) is 21.3 Å². The van der Waals surface area contributed by atoms with Crippen molar-refractivity contribution >= 4 is 17.9 Å². The first-order chi connectivity index (χ1) is 7.01. The number of nitrogens with zero attached hydrogens (tertiary/aromatic N) is 1. The maximum Gasteiger partial charge on any atom is 0.413 e. The molecule has 7 heteroatoms. The average molecular weight is 216 g/mol. The molecule has 0 rings (SSSR count). The first kappa shape index (κ1) is 13.1. The summed E-state index contributed by atoms with van der Waals surface area (Å²) in [5, 5.41) is 2.76. The fourth-order valence-corrected chi connectivity index (χ4v) is 0.535. The van der Waals surface area contributed by atoms with E-state index >= 15 is 0 Å². The number of hydroxylamine groups is 2. The molecule has 0 saturated heterocycles. The summed E-state index contributed by atoms with van der Waals surface area (Å²) < 4.78 is 4.17. The predicted molar refractivity (Wildman–Crippen MR) is 49.5 cm³/mol. The lowest BCUT2D eigenvalue weighted by Crippen LogP contribution is -2.29. The van der Waals surface area contributed by atoms with E-state index < -0.39 is 17.9 Å². The molecule has 0 bridgehead atoms. The molecule has 0 aromatic rings. The SMILES string of the molecule is COC(=O)NC(=O)/C=C/C(=O)N(C)OC. The van der Waals surface area contributed by atoms with E-state index in [1.165, 1.54) is 14.2 Å². The second kappa shape index (κ2) is 6.55. The fraction of sp³-hybridized carbons (Fsp3) is 0.375. The van der Waals surface area contributed by atoms with Crippen LogP contribution in [0, 0.1) is 0 Å². The zero-order chi connectivity index (χ0) is 11.8. The van der Waals surface area contributed by atoms with Crippen LogP contribution in [0.4, 0.5) is 4.79 Å². The number of hydrogen-bond donors (Lipinski definition) is 1. The lowest BCUT2D eigenvalue weighted by molar-refractivity contribution is -0.162. The van der Waals surface area contributed by atoms with E-state index in [2.05, 4.69) is 9.57 Å². The maximum absolute atomic E-state index is 11.1. The first-order valence-corrected chi connectivity index (χ1v) is 3.90.